The van der Waals surface area contributed by atoms with E-state index in [1.54, 1.807) is 6.20 Å². The lowest BCUT2D eigenvalue weighted by atomic mass is 9.82. The molecule has 3 fully saturated rings. The molecule has 17 nitrogen and oxygen atoms in total. The molecule has 0 spiro atoms. The Labute approximate surface area is 357 Å². The molecule has 2 aliphatic carbocycles. The van der Waals surface area contributed by atoms with Crippen LogP contribution in [0.5, 0.6) is 5.88 Å². The van der Waals surface area contributed by atoms with Crippen LogP contribution in [0.3, 0.4) is 0 Å². The summed E-state index contributed by atoms with van der Waals surface area (Å²) in [6.45, 7) is 1.64. The first kappa shape index (κ1) is 51.3. The molecule has 3 aliphatic rings. The highest BCUT2D eigenvalue weighted by Gasteiger charge is 2.48. The molecule has 0 radical (unpaired) electrons. The van der Waals surface area contributed by atoms with Gasteiger partial charge in [0.1, 0.15) is 23.6 Å². The van der Waals surface area contributed by atoms with E-state index >= 15 is 0 Å². The van der Waals surface area contributed by atoms with E-state index in [-0.39, 0.29) is 24.2 Å². The number of halogens is 12. The number of alkyl halides is 12. The number of H-pyrrole nitrogens is 1. The first-order valence-corrected chi connectivity index (χ1v) is 18.8. The molecule has 0 bridgehead atoms. The van der Waals surface area contributed by atoms with E-state index < -0.39 is 54.0 Å². The zero-order valence-corrected chi connectivity index (χ0v) is 33.1. The van der Waals surface area contributed by atoms with E-state index in [4.69, 9.17) is 34.4 Å². The van der Waals surface area contributed by atoms with Crippen molar-refractivity contribution in [1.82, 2.24) is 44.9 Å². The number of aliphatic carboxylic acids is 3. The van der Waals surface area contributed by atoms with Crippen molar-refractivity contribution in [2.45, 2.75) is 106 Å². The van der Waals surface area contributed by atoms with Crippen molar-refractivity contribution in [2.75, 3.05) is 13.1 Å². The highest BCUT2D eigenvalue weighted by atomic mass is 19.4. The van der Waals surface area contributed by atoms with Crippen LogP contribution in [0.15, 0.2) is 37.1 Å². The van der Waals surface area contributed by atoms with Gasteiger partial charge in [-0.3, -0.25) is 9.58 Å². The Bertz CT molecular complexity index is 2230. The molecule has 1 aliphatic heterocycles. The van der Waals surface area contributed by atoms with Gasteiger partial charge in [-0.2, -0.15) is 68.0 Å². The second-order valence-corrected chi connectivity index (χ2v) is 14.6. The van der Waals surface area contributed by atoms with Crippen LogP contribution in [-0.2, 0) is 32.6 Å². The summed E-state index contributed by atoms with van der Waals surface area (Å²) in [6.07, 6.45) is -6.39. The Balaban J connectivity index is 0.000000366. The maximum absolute atomic E-state index is 13.5. The minimum Gasteiger partial charge on any atom is -0.475 e. The molecule has 0 atom stereocenters. The zero-order valence-electron chi connectivity index (χ0n) is 33.1. The van der Waals surface area contributed by atoms with Crippen LogP contribution in [0.4, 0.5) is 52.7 Å². The van der Waals surface area contributed by atoms with Gasteiger partial charge >= 0.3 is 42.6 Å². The standard InChI is InChI=1S/C30H33F3N10O.3C2HF3O2/c31-30(32,33)28-40-21(14-36-20-2-1-3-20)12-25(41-28)44-23-6-4-22(5-7-23)42-16-29(17-42,9-10-34)43-15-19(13-39-43)26-24-8-11-35-27(24)38-18-37-26;3*3-2(4,5)1(6)7/h8,11-13,15,18,20,22-23,36H,1-7,9,14,16-17H2,(H,35,37,38);3*(H,6,7). The van der Waals surface area contributed by atoms with Crippen LogP contribution in [-0.4, -0.2) is 123 Å². The number of nitriles is 1. The molecule has 4 aromatic heterocycles. The maximum Gasteiger partial charge on any atom is 0.490 e. The molecule has 0 aromatic carbocycles. The predicted octanol–water partition coefficient (Wildman–Crippen LogP) is 6.49. The second-order valence-electron chi connectivity index (χ2n) is 14.6. The van der Waals surface area contributed by atoms with Gasteiger partial charge in [-0.1, -0.05) is 6.42 Å². The molecule has 0 unspecified atom stereocenters. The lowest BCUT2D eigenvalue weighted by Crippen LogP contribution is -2.65. The number of nitrogens with one attached hydrogen (secondary N) is 2. The number of ether oxygens (including phenoxy) is 1. The summed E-state index contributed by atoms with van der Waals surface area (Å²) >= 11 is 0. The number of carboxylic acids is 3. The third-order valence-electron chi connectivity index (χ3n) is 9.96. The smallest absolute Gasteiger partial charge is 0.475 e. The Hall–Kier alpha value is -6.31. The number of carboxylic acid groups (broad SMARTS) is 3. The van der Waals surface area contributed by atoms with E-state index in [9.17, 15) is 57.9 Å². The number of rotatable bonds is 9. The van der Waals surface area contributed by atoms with Gasteiger partial charge in [-0.25, -0.2) is 29.3 Å². The summed E-state index contributed by atoms with van der Waals surface area (Å²) in [4.78, 5) is 48.3. The number of hydrogen-bond donors (Lipinski definition) is 5. The number of likely N-dealkylation sites (tertiary alicyclic amines) is 1. The number of nitrogens with zero attached hydrogens (tertiary/aromatic N) is 8. The van der Waals surface area contributed by atoms with Crippen molar-refractivity contribution in [3.63, 3.8) is 0 Å². The molecule has 5 N–H and O–H groups in total. The summed E-state index contributed by atoms with van der Waals surface area (Å²) < 4.78 is 144. The fourth-order valence-electron chi connectivity index (χ4n) is 6.57. The Morgan fingerprint density at radius 2 is 1.43 bits per heavy atom. The maximum atomic E-state index is 13.5. The third-order valence-corrected chi connectivity index (χ3v) is 9.96. The van der Waals surface area contributed by atoms with Crippen LogP contribution in [0.2, 0.25) is 0 Å². The van der Waals surface area contributed by atoms with Gasteiger partial charge in [0.25, 0.3) is 0 Å². The van der Waals surface area contributed by atoms with E-state index in [2.05, 4.69) is 46.3 Å². The van der Waals surface area contributed by atoms with Crippen molar-refractivity contribution in [3.05, 3.63) is 48.6 Å². The molecule has 1 saturated heterocycles. The average molecular weight is 949 g/mol. The van der Waals surface area contributed by atoms with Crippen LogP contribution in [0.1, 0.15) is 62.9 Å². The average Bonchev–Trinajstić information content (AvgIpc) is 3.86. The van der Waals surface area contributed by atoms with Crippen molar-refractivity contribution < 1.29 is 87.1 Å². The van der Waals surface area contributed by atoms with Gasteiger partial charge in [0, 0.05) is 61.1 Å². The third kappa shape index (κ3) is 14.3. The molecule has 0 amide bonds. The lowest BCUT2D eigenvalue weighted by Gasteiger charge is -2.53. The molecule has 7 rings (SSSR count). The fraction of sp³-hybridized carbons (Fsp3) is 0.528. The van der Waals surface area contributed by atoms with Crippen molar-refractivity contribution in [1.29, 1.82) is 5.26 Å². The van der Waals surface area contributed by atoms with E-state index in [1.165, 1.54) is 12.4 Å². The predicted molar refractivity (Wildman–Crippen MR) is 194 cm³/mol. The van der Waals surface area contributed by atoms with Gasteiger partial charge in [0.05, 0.1) is 30.1 Å². The van der Waals surface area contributed by atoms with Crippen molar-refractivity contribution in [2.24, 2.45) is 0 Å². The zero-order chi connectivity index (χ0) is 48.5. The number of aromatic nitrogens is 7. The highest BCUT2D eigenvalue weighted by Crippen LogP contribution is 2.39. The molecule has 356 valence electrons. The number of fused-ring (bicyclic) bond motifs is 1. The highest BCUT2D eigenvalue weighted by molar-refractivity contribution is 5.90. The largest absolute Gasteiger partial charge is 0.490 e. The minimum absolute atomic E-state index is 0.0201. The van der Waals surface area contributed by atoms with Crippen molar-refractivity contribution in [3.8, 4) is 23.2 Å². The summed E-state index contributed by atoms with van der Waals surface area (Å²) in [5.41, 5.74) is 2.27. The Morgan fingerprint density at radius 1 is 0.862 bits per heavy atom. The van der Waals surface area contributed by atoms with Crippen LogP contribution in [0, 0.1) is 11.3 Å². The second kappa shape index (κ2) is 20.7. The molecule has 2 saturated carbocycles. The van der Waals surface area contributed by atoms with Crippen LogP contribution >= 0.6 is 0 Å². The Kier molecular flexibility index (Phi) is 16.3. The first-order chi connectivity index (χ1) is 30.1. The molecule has 5 heterocycles. The van der Waals surface area contributed by atoms with E-state index in [0.29, 0.717) is 44.4 Å². The molecule has 65 heavy (non-hydrogen) atoms. The Morgan fingerprint density at radius 3 is 1.92 bits per heavy atom. The normalized spacial score (nSPS) is 18.8. The molecule has 29 heteroatoms. The number of hydrogen-bond acceptors (Lipinski definition) is 12. The van der Waals surface area contributed by atoms with Gasteiger partial charge < -0.3 is 30.4 Å². The quantitative estimate of drug-likeness (QED) is 0.113. The summed E-state index contributed by atoms with van der Waals surface area (Å²) in [5, 5.41) is 39.9. The molecular formula is C36H36F12N10O7. The van der Waals surface area contributed by atoms with Gasteiger partial charge in [-0.15, -0.1) is 0 Å². The van der Waals surface area contributed by atoms with Crippen molar-refractivity contribution >= 4 is 28.9 Å². The summed E-state index contributed by atoms with van der Waals surface area (Å²) in [6, 6.07) is 6.44. The van der Waals surface area contributed by atoms with Gasteiger partial charge in [0.15, 0.2) is 0 Å². The van der Waals surface area contributed by atoms with Crippen LogP contribution in [0.25, 0.3) is 22.3 Å². The van der Waals surface area contributed by atoms with Gasteiger partial charge in [-0.05, 0) is 44.6 Å². The fourth-order valence-corrected chi connectivity index (χ4v) is 6.57. The van der Waals surface area contributed by atoms with Crippen LogP contribution < -0.4 is 10.1 Å². The molecular weight excluding hydrogens is 912 g/mol. The monoisotopic (exact) mass is 948 g/mol. The molecule has 4 aromatic rings. The SMILES string of the molecule is N#CCC1(n2cc(-c3ncnc4[nH]ccc34)cn2)CN(C2CCC(Oc3cc(CNC4CCC4)nc(C(F)(F)F)n3)CC2)C1.O=C(O)C(F)(F)F.O=C(O)C(F)(F)F.O=C(O)C(F)(F)F. The topological polar surface area (TPSA) is 245 Å². The summed E-state index contributed by atoms with van der Waals surface area (Å²) in [7, 11) is 0. The first-order valence-electron chi connectivity index (χ1n) is 18.8. The minimum atomic E-state index is -5.08. The van der Waals surface area contributed by atoms with Gasteiger partial charge in [0.2, 0.25) is 11.7 Å². The number of aromatic amines is 1. The lowest BCUT2D eigenvalue weighted by molar-refractivity contribution is -0.193. The van der Waals surface area contributed by atoms with E-state index in [0.717, 1.165) is 54.4 Å². The van der Waals surface area contributed by atoms with E-state index in [1.807, 2.05) is 23.1 Å². The summed E-state index contributed by atoms with van der Waals surface area (Å²) in [5.74, 6) is -9.46. The number of carbonyl (C=O) groups is 3.